The molecule has 1 aliphatic carbocycles. The van der Waals surface area contributed by atoms with Gasteiger partial charge >= 0.3 is 0 Å². The molecule has 128 valence electrons. The molecule has 1 aromatic heterocycles. The van der Waals surface area contributed by atoms with E-state index >= 15 is 0 Å². The normalized spacial score (nSPS) is 23.0. The quantitative estimate of drug-likeness (QED) is 0.510. The maximum Gasteiger partial charge on any atom is 0.193 e. The van der Waals surface area contributed by atoms with Crippen LogP contribution < -0.4 is 5.32 Å². The van der Waals surface area contributed by atoms with Gasteiger partial charge in [-0.05, 0) is 24.8 Å². The minimum Gasteiger partial charge on any atom is -0.376 e. The van der Waals surface area contributed by atoms with Gasteiger partial charge in [0.1, 0.15) is 0 Å². The third-order valence-corrected chi connectivity index (χ3v) is 4.94. The van der Waals surface area contributed by atoms with Crippen molar-refractivity contribution in [3.8, 4) is 0 Å². The summed E-state index contributed by atoms with van der Waals surface area (Å²) in [7, 11) is 3.83. The van der Waals surface area contributed by atoms with Gasteiger partial charge in [0.2, 0.25) is 0 Å². The van der Waals surface area contributed by atoms with E-state index in [9.17, 15) is 0 Å². The van der Waals surface area contributed by atoms with Crippen LogP contribution in [0.3, 0.4) is 0 Å². The summed E-state index contributed by atoms with van der Waals surface area (Å²) in [5, 5.41) is 7.73. The number of likely N-dealkylation sites (tertiary alicyclic amines) is 1. The van der Waals surface area contributed by atoms with Gasteiger partial charge in [-0.2, -0.15) is 5.10 Å². The van der Waals surface area contributed by atoms with Crippen LogP contribution in [0, 0.1) is 0 Å². The third-order valence-electron chi connectivity index (χ3n) is 4.94. The highest BCUT2D eigenvalue weighted by molar-refractivity contribution is 5.80. The Morgan fingerprint density at radius 1 is 1.39 bits per heavy atom. The first kappa shape index (κ1) is 16.3. The van der Waals surface area contributed by atoms with Crippen molar-refractivity contribution in [3.05, 3.63) is 18.0 Å². The molecule has 3 rings (SSSR count). The van der Waals surface area contributed by atoms with E-state index in [4.69, 9.17) is 4.74 Å². The summed E-state index contributed by atoms with van der Waals surface area (Å²) in [5.74, 6) is 1.54. The second kappa shape index (κ2) is 7.81. The summed E-state index contributed by atoms with van der Waals surface area (Å²) in [6.07, 6.45) is 10.9. The van der Waals surface area contributed by atoms with Crippen molar-refractivity contribution < 1.29 is 4.74 Å². The van der Waals surface area contributed by atoms with Crippen LogP contribution in [0.1, 0.15) is 43.6 Å². The number of nitrogens with one attached hydrogen (secondary N) is 1. The first-order valence-electron chi connectivity index (χ1n) is 8.82. The molecule has 1 aromatic rings. The Morgan fingerprint density at radius 3 is 2.91 bits per heavy atom. The van der Waals surface area contributed by atoms with Gasteiger partial charge in [-0.25, -0.2) is 0 Å². The Labute approximate surface area is 138 Å². The third kappa shape index (κ3) is 4.25. The standard InChI is InChI=1S/C17H29N5O/c1-18-17(19-8-10-23-16-5-3-4-6-16)22-9-7-14(13-22)15-11-20-21(2)12-15/h11-12,14,16H,3-10,13H2,1-2H3,(H,18,19). The fourth-order valence-corrected chi connectivity index (χ4v) is 3.65. The van der Waals surface area contributed by atoms with E-state index in [-0.39, 0.29) is 0 Å². The monoisotopic (exact) mass is 319 g/mol. The summed E-state index contributed by atoms with van der Waals surface area (Å²) in [5.41, 5.74) is 1.33. The summed E-state index contributed by atoms with van der Waals surface area (Å²) in [6, 6.07) is 0. The van der Waals surface area contributed by atoms with Crippen LogP contribution in [0.2, 0.25) is 0 Å². The van der Waals surface area contributed by atoms with Crippen LogP contribution in [0.5, 0.6) is 0 Å². The molecule has 1 N–H and O–H groups in total. The van der Waals surface area contributed by atoms with Crippen molar-refractivity contribution in [2.24, 2.45) is 12.0 Å². The van der Waals surface area contributed by atoms with Gasteiger partial charge in [0.25, 0.3) is 0 Å². The van der Waals surface area contributed by atoms with Crippen LogP contribution >= 0.6 is 0 Å². The van der Waals surface area contributed by atoms with Crippen molar-refractivity contribution in [1.82, 2.24) is 20.0 Å². The second-order valence-electron chi connectivity index (χ2n) is 6.63. The summed E-state index contributed by atoms with van der Waals surface area (Å²) >= 11 is 0. The predicted octanol–water partition coefficient (Wildman–Crippen LogP) is 1.74. The Morgan fingerprint density at radius 2 is 2.22 bits per heavy atom. The lowest BCUT2D eigenvalue weighted by molar-refractivity contribution is 0.0620. The molecule has 2 aliphatic rings. The van der Waals surface area contributed by atoms with Crippen molar-refractivity contribution in [2.45, 2.75) is 44.1 Å². The van der Waals surface area contributed by atoms with Crippen LogP contribution in [-0.2, 0) is 11.8 Å². The van der Waals surface area contributed by atoms with E-state index in [2.05, 4.69) is 26.5 Å². The van der Waals surface area contributed by atoms with Crippen molar-refractivity contribution in [1.29, 1.82) is 0 Å². The van der Waals surface area contributed by atoms with E-state index in [0.717, 1.165) is 38.6 Å². The molecular formula is C17H29N5O. The smallest absolute Gasteiger partial charge is 0.193 e. The van der Waals surface area contributed by atoms with Crippen molar-refractivity contribution >= 4 is 5.96 Å². The van der Waals surface area contributed by atoms with E-state index < -0.39 is 0 Å². The van der Waals surface area contributed by atoms with Crippen molar-refractivity contribution in [3.63, 3.8) is 0 Å². The number of rotatable bonds is 5. The number of aryl methyl sites for hydroxylation is 1. The second-order valence-corrected chi connectivity index (χ2v) is 6.63. The number of ether oxygens (including phenoxy) is 1. The zero-order valence-corrected chi connectivity index (χ0v) is 14.4. The molecule has 23 heavy (non-hydrogen) atoms. The van der Waals surface area contributed by atoms with E-state index in [1.54, 1.807) is 0 Å². The lowest BCUT2D eigenvalue weighted by atomic mass is 10.0. The Bertz CT molecular complexity index is 521. The molecule has 1 saturated heterocycles. The minimum atomic E-state index is 0.487. The molecule has 6 nitrogen and oxygen atoms in total. The summed E-state index contributed by atoms with van der Waals surface area (Å²) in [4.78, 5) is 6.77. The largest absolute Gasteiger partial charge is 0.376 e. The Hall–Kier alpha value is -1.56. The van der Waals surface area contributed by atoms with E-state index in [1.165, 1.54) is 31.2 Å². The minimum absolute atomic E-state index is 0.487. The van der Waals surface area contributed by atoms with Gasteiger partial charge < -0.3 is 15.0 Å². The molecular weight excluding hydrogens is 290 g/mol. The number of nitrogens with zero attached hydrogens (tertiary/aromatic N) is 4. The fraction of sp³-hybridized carbons (Fsp3) is 0.765. The zero-order chi connectivity index (χ0) is 16.1. The molecule has 0 amide bonds. The topological polar surface area (TPSA) is 54.7 Å². The molecule has 1 unspecified atom stereocenters. The van der Waals surface area contributed by atoms with Gasteiger partial charge in [-0.3, -0.25) is 9.67 Å². The molecule has 6 heteroatoms. The van der Waals surface area contributed by atoms with Gasteiger partial charge in [-0.1, -0.05) is 12.8 Å². The van der Waals surface area contributed by atoms with Crippen molar-refractivity contribution in [2.75, 3.05) is 33.3 Å². The van der Waals surface area contributed by atoms with E-state index in [1.807, 2.05) is 25.0 Å². The summed E-state index contributed by atoms with van der Waals surface area (Å²) in [6.45, 7) is 3.65. The number of guanidine groups is 1. The van der Waals surface area contributed by atoms with Gasteiger partial charge in [0.15, 0.2) is 5.96 Å². The average Bonchev–Trinajstić information content (AvgIpc) is 3.28. The number of hydrogen-bond donors (Lipinski definition) is 1. The first-order chi connectivity index (χ1) is 11.3. The highest BCUT2D eigenvalue weighted by Gasteiger charge is 2.26. The lowest BCUT2D eigenvalue weighted by Gasteiger charge is -2.22. The molecule has 0 radical (unpaired) electrons. The Kier molecular flexibility index (Phi) is 5.54. The van der Waals surface area contributed by atoms with Crippen LogP contribution in [0.4, 0.5) is 0 Å². The summed E-state index contributed by atoms with van der Waals surface area (Å²) < 4.78 is 7.79. The SMILES string of the molecule is CN=C(NCCOC1CCCC1)N1CCC(c2cnn(C)c2)C1. The molecule has 1 saturated carbocycles. The maximum absolute atomic E-state index is 5.91. The molecule has 0 bridgehead atoms. The highest BCUT2D eigenvalue weighted by atomic mass is 16.5. The fourth-order valence-electron chi connectivity index (χ4n) is 3.65. The maximum atomic E-state index is 5.91. The molecule has 0 spiro atoms. The first-order valence-corrected chi connectivity index (χ1v) is 8.82. The Balaban J connectivity index is 1.42. The van der Waals surface area contributed by atoms with Gasteiger partial charge in [-0.15, -0.1) is 0 Å². The van der Waals surface area contributed by atoms with Gasteiger partial charge in [0.05, 0.1) is 18.9 Å². The number of aliphatic imine (C=N–C) groups is 1. The van der Waals surface area contributed by atoms with Crippen LogP contribution in [-0.4, -0.2) is 60.0 Å². The highest BCUT2D eigenvalue weighted by Crippen LogP contribution is 2.26. The molecule has 0 aromatic carbocycles. The molecule has 2 heterocycles. The molecule has 1 aliphatic heterocycles. The van der Waals surface area contributed by atoms with Gasteiger partial charge in [0, 0.05) is 45.8 Å². The predicted molar refractivity (Wildman–Crippen MR) is 91.7 cm³/mol. The van der Waals surface area contributed by atoms with Crippen LogP contribution in [0.25, 0.3) is 0 Å². The van der Waals surface area contributed by atoms with Crippen LogP contribution in [0.15, 0.2) is 17.4 Å². The zero-order valence-electron chi connectivity index (χ0n) is 14.4. The molecule has 1 atom stereocenters. The average molecular weight is 319 g/mol. The van der Waals surface area contributed by atoms with E-state index in [0.29, 0.717) is 12.0 Å². The lowest BCUT2D eigenvalue weighted by Crippen LogP contribution is -2.41. The number of aromatic nitrogens is 2. The number of hydrogen-bond acceptors (Lipinski definition) is 3. The molecule has 2 fully saturated rings.